The summed E-state index contributed by atoms with van der Waals surface area (Å²) in [4.78, 5) is 28.4. The molecular weight excluding hydrogens is 296 g/mol. The Balaban J connectivity index is 1.64. The quantitative estimate of drug-likeness (QED) is 0.748. The van der Waals surface area contributed by atoms with Crippen LogP contribution >= 0.6 is 11.3 Å². The van der Waals surface area contributed by atoms with Crippen LogP contribution < -0.4 is 5.32 Å². The summed E-state index contributed by atoms with van der Waals surface area (Å²) in [5.41, 5.74) is 0. The van der Waals surface area contributed by atoms with Gasteiger partial charge in [-0.25, -0.2) is 0 Å². The molecule has 2 rings (SSSR count). The molecule has 2 unspecified atom stereocenters. The van der Waals surface area contributed by atoms with Crippen LogP contribution in [0.2, 0.25) is 0 Å². The minimum absolute atomic E-state index is 0.136. The van der Waals surface area contributed by atoms with Crippen molar-refractivity contribution < 1.29 is 9.59 Å². The molecule has 1 fully saturated rings. The van der Waals surface area contributed by atoms with E-state index in [4.69, 9.17) is 0 Å². The second kappa shape index (κ2) is 7.77. The van der Waals surface area contributed by atoms with Crippen LogP contribution in [0.25, 0.3) is 0 Å². The van der Waals surface area contributed by atoms with Gasteiger partial charge in [-0.05, 0) is 45.7 Å². The lowest BCUT2D eigenvalue weighted by Gasteiger charge is -2.18. The second-order valence-corrected chi connectivity index (χ2v) is 7.18. The van der Waals surface area contributed by atoms with Crippen molar-refractivity contribution in [2.45, 2.75) is 46.0 Å². The average molecular weight is 322 g/mol. The monoisotopic (exact) mass is 322 g/mol. The molecule has 1 aromatic rings. The number of thiophene rings is 1. The second-order valence-electron chi connectivity index (χ2n) is 5.86. The molecule has 0 radical (unpaired) electrons. The zero-order valence-electron chi connectivity index (χ0n) is 13.7. The van der Waals surface area contributed by atoms with E-state index in [1.807, 2.05) is 18.7 Å². The van der Waals surface area contributed by atoms with Gasteiger partial charge in [-0.15, -0.1) is 11.3 Å². The van der Waals surface area contributed by atoms with Gasteiger partial charge in [0.25, 0.3) is 0 Å². The Morgan fingerprint density at radius 3 is 2.64 bits per heavy atom. The van der Waals surface area contributed by atoms with Crippen LogP contribution in [-0.4, -0.2) is 36.3 Å². The number of nitrogens with zero attached hydrogens (tertiary/aromatic N) is 1. The molecule has 1 aromatic heterocycles. The first-order valence-electron chi connectivity index (χ1n) is 8.18. The van der Waals surface area contributed by atoms with Gasteiger partial charge in [0.1, 0.15) is 0 Å². The summed E-state index contributed by atoms with van der Waals surface area (Å²) in [5.74, 6) is 0.872. The molecule has 5 heteroatoms. The lowest BCUT2D eigenvalue weighted by molar-refractivity contribution is -0.131. The molecule has 1 heterocycles. The summed E-state index contributed by atoms with van der Waals surface area (Å²) >= 11 is 1.79. The molecule has 1 saturated carbocycles. The van der Waals surface area contributed by atoms with E-state index in [1.165, 1.54) is 9.75 Å². The Labute approximate surface area is 136 Å². The third-order valence-corrected chi connectivity index (χ3v) is 5.37. The van der Waals surface area contributed by atoms with Crippen LogP contribution in [0.5, 0.6) is 0 Å². The van der Waals surface area contributed by atoms with E-state index in [9.17, 15) is 9.59 Å². The SMILES string of the molecule is CCN(CC)C(=O)CCCNC(=O)C1CC1c1ccc(C)s1. The van der Waals surface area contributed by atoms with Crippen molar-refractivity contribution in [2.75, 3.05) is 19.6 Å². The maximum Gasteiger partial charge on any atom is 0.223 e. The van der Waals surface area contributed by atoms with Gasteiger partial charge in [-0.1, -0.05) is 0 Å². The first kappa shape index (κ1) is 17.0. The number of amides is 2. The highest BCUT2D eigenvalue weighted by atomic mass is 32.1. The van der Waals surface area contributed by atoms with Gasteiger partial charge < -0.3 is 10.2 Å². The fraction of sp³-hybridized carbons (Fsp3) is 0.647. The van der Waals surface area contributed by atoms with Crippen molar-refractivity contribution in [1.29, 1.82) is 0 Å². The summed E-state index contributed by atoms with van der Waals surface area (Å²) in [5, 5.41) is 2.98. The standard InChI is InChI=1S/C17H26N2O2S/c1-4-19(5-2)16(20)7-6-10-18-17(21)14-11-13(14)15-9-8-12(3)22-15/h8-9,13-14H,4-7,10-11H2,1-3H3,(H,18,21). The van der Waals surface area contributed by atoms with Gasteiger partial charge in [0.05, 0.1) is 0 Å². The highest BCUT2D eigenvalue weighted by molar-refractivity contribution is 7.12. The fourth-order valence-electron chi connectivity index (χ4n) is 2.77. The highest BCUT2D eigenvalue weighted by Crippen LogP contribution is 2.49. The minimum Gasteiger partial charge on any atom is -0.356 e. The van der Waals surface area contributed by atoms with Crippen LogP contribution in [0.3, 0.4) is 0 Å². The molecule has 1 aliphatic rings. The lowest BCUT2D eigenvalue weighted by atomic mass is 10.2. The third kappa shape index (κ3) is 4.32. The molecule has 2 atom stereocenters. The number of hydrogen-bond acceptors (Lipinski definition) is 3. The molecule has 0 aromatic carbocycles. The molecular formula is C17H26N2O2S. The maximum atomic E-state index is 12.1. The van der Waals surface area contributed by atoms with Crippen molar-refractivity contribution in [3.63, 3.8) is 0 Å². The third-order valence-electron chi connectivity index (χ3n) is 4.24. The number of carbonyl (C=O) groups is 2. The largest absolute Gasteiger partial charge is 0.356 e. The van der Waals surface area contributed by atoms with E-state index in [1.54, 1.807) is 11.3 Å². The van der Waals surface area contributed by atoms with Crippen molar-refractivity contribution >= 4 is 23.2 Å². The predicted molar refractivity (Wildman–Crippen MR) is 90.1 cm³/mol. The van der Waals surface area contributed by atoms with Gasteiger partial charge in [-0.3, -0.25) is 9.59 Å². The van der Waals surface area contributed by atoms with E-state index in [0.717, 1.165) is 25.9 Å². The highest BCUT2D eigenvalue weighted by Gasteiger charge is 2.44. The number of aryl methyl sites for hydroxylation is 1. The average Bonchev–Trinajstić information content (AvgIpc) is 3.19. The van der Waals surface area contributed by atoms with E-state index in [-0.39, 0.29) is 17.7 Å². The lowest BCUT2D eigenvalue weighted by Crippen LogP contribution is -2.32. The van der Waals surface area contributed by atoms with E-state index >= 15 is 0 Å². The zero-order chi connectivity index (χ0) is 16.1. The number of carbonyl (C=O) groups excluding carboxylic acids is 2. The van der Waals surface area contributed by atoms with E-state index in [0.29, 0.717) is 18.9 Å². The Morgan fingerprint density at radius 2 is 2.05 bits per heavy atom. The number of rotatable bonds is 8. The van der Waals surface area contributed by atoms with Crippen LogP contribution in [-0.2, 0) is 9.59 Å². The number of hydrogen-bond donors (Lipinski definition) is 1. The van der Waals surface area contributed by atoms with Crippen LogP contribution in [0, 0.1) is 12.8 Å². The Bertz CT molecular complexity index is 522. The van der Waals surface area contributed by atoms with Gasteiger partial charge in [0.15, 0.2) is 0 Å². The molecule has 0 bridgehead atoms. The summed E-state index contributed by atoms with van der Waals surface area (Å²) < 4.78 is 0. The molecule has 0 saturated heterocycles. The van der Waals surface area contributed by atoms with Gasteiger partial charge in [0, 0.05) is 47.6 Å². The Hall–Kier alpha value is -1.36. The maximum absolute atomic E-state index is 12.1. The number of nitrogens with one attached hydrogen (secondary N) is 1. The van der Waals surface area contributed by atoms with Gasteiger partial charge in [-0.2, -0.15) is 0 Å². The van der Waals surface area contributed by atoms with E-state index in [2.05, 4.69) is 24.4 Å². The zero-order valence-corrected chi connectivity index (χ0v) is 14.5. The Kier molecular flexibility index (Phi) is 6.00. The first-order valence-corrected chi connectivity index (χ1v) is 9.00. The van der Waals surface area contributed by atoms with Crippen LogP contribution in [0.1, 0.15) is 48.8 Å². The van der Waals surface area contributed by atoms with Crippen LogP contribution in [0.4, 0.5) is 0 Å². The molecule has 22 heavy (non-hydrogen) atoms. The van der Waals surface area contributed by atoms with Crippen LogP contribution in [0.15, 0.2) is 12.1 Å². The minimum atomic E-state index is 0.136. The van der Waals surface area contributed by atoms with Crippen molar-refractivity contribution in [2.24, 2.45) is 5.92 Å². The van der Waals surface area contributed by atoms with Crippen molar-refractivity contribution in [1.82, 2.24) is 10.2 Å². The first-order chi connectivity index (χ1) is 10.6. The molecule has 4 nitrogen and oxygen atoms in total. The predicted octanol–water partition coefficient (Wildman–Crippen LogP) is 2.92. The summed E-state index contributed by atoms with van der Waals surface area (Å²) in [6, 6.07) is 4.26. The van der Waals surface area contributed by atoms with Gasteiger partial charge in [0.2, 0.25) is 11.8 Å². The normalized spacial score (nSPS) is 19.8. The molecule has 0 spiro atoms. The molecule has 2 amide bonds. The molecule has 1 N–H and O–H groups in total. The Morgan fingerprint density at radius 1 is 1.32 bits per heavy atom. The van der Waals surface area contributed by atoms with Crippen molar-refractivity contribution in [3.8, 4) is 0 Å². The summed E-state index contributed by atoms with van der Waals surface area (Å²) in [7, 11) is 0. The van der Waals surface area contributed by atoms with Crippen molar-refractivity contribution in [3.05, 3.63) is 21.9 Å². The topological polar surface area (TPSA) is 49.4 Å². The molecule has 122 valence electrons. The summed E-state index contributed by atoms with van der Waals surface area (Å²) in [6.45, 7) is 8.18. The molecule has 0 aliphatic heterocycles. The smallest absolute Gasteiger partial charge is 0.223 e. The van der Waals surface area contributed by atoms with Gasteiger partial charge >= 0.3 is 0 Å². The fourth-order valence-corrected chi connectivity index (χ4v) is 3.82. The summed E-state index contributed by atoms with van der Waals surface area (Å²) in [6.07, 6.45) is 2.20. The molecule has 1 aliphatic carbocycles. The van der Waals surface area contributed by atoms with E-state index < -0.39 is 0 Å².